The van der Waals surface area contributed by atoms with E-state index >= 15 is 0 Å². The highest BCUT2D eigenvalue weighted by Gasteiger charge is 2.30. The average Bonchev–Trinajstić information content (AvgIpc) is 3.44. The summed E-state index contributed by atoms with van der Waals surface area (Å²) in [6.07, 6.45) is 4.22. The Bertz CT molecular complexity index is 1010. The van der Waals surface area contributed by atoms with Crippen molar-refractivity contribution < 1.29 is 18.5 Å². The monoisotopic (exact) mass is 409 g/mol. The molecule has 0 N–H and O–H groups in total. The summed E-state index contributed by atoms with van der Waals surface area (Å²) in [5.41, 5.74) is 1.84. The van der Waals surface area contributed by atoms with Gasteiger partial charge in [0.2, 0.25) is 5.76 Å². The molecule has 7 heteroatoms. The van der Waals surface area contributed by atoms with Crippen molar-refractivity contribution in [3.8, 4) is 5.75 Å². The number of rotatable bonds is 6. The fraction of sp³-hybridized carbons (Fsp3) is 0.435. The maximum Gasteiger partial charge on any atom is 0.292 e. The lowest BCUT2D eigenvalue weighted by Crippen LogP contribution is -2.39. The number of benzene rings is 1. The molecule has 1 saturated heterocycles. The summed E-state index contributed by atoms with van der Waals surface area (Å²) in [5.74, 6) is 2.76. The Balaban J connectivity index is 1.44. The summed E-state index contributed by atoms with van der Waals surface area (Å²) in [4.78, 5) is 19.2. The number of carbonyl (C=O) groups is 1. The second-order valence-corrected chi connectivity index (χ2v) is 8.01. The van der Waals surface area contributed by atoms with E-state index < -0.39 is 0 Å². The predicted octanol–water partition coefficient (Wildman–Crippen LogP) is 4.41. The Hall–Kier alpha value is -3.09. The summed E-state index contributed by atoms with van der Waals surface area (Å²) in [6.45, 7) is 5.30. The standard InChI is InChI=1S/C23H27N3O4/c1-15(2)19-12-21(30-25-19)23(27)26-10-6-8-17(14-26)22-24-13-18(29-22)11-16-7-4-5-9-20(16)28-3/h4-5,7,9,12-13,15,17H,6,8,10-11,14H2,1-3H3/t17-/m0/s1. The van der Waals surface area contributed by atoms with Gasteiger partial charge in [0.05, 0.1) is 24.9 Å². The van der Waals surface area contributed by atoms with Crippen LogP contribution in [0.15, 0.2) is 45.5 Å². The molecular weight excluding hydrogens is 382 g/mol. The molecule has 1 aromatic carbocycles. The Morgan fingerprint density at radius 1 is 1.33 bits per heavy atom. The molecule has 1 atom stereocenters. The van der Waals surface area contributed by atoms with Gasteiger partial charge in [-0.3, -0.25) is 4.79 Å². The number of carbonyl (C=O) groups excluding carboxylic acids is 1. The number of methoxy groups -OCH3 is 1. The van der Waals surface area contributed by atoms with Crippen molar-refractivity contribution in [3.05, 3.63) is 65.2 Å². The van der Waals surface area contributed by atoms with Gasteiger partial charge in [0.15, 0.2) is 5.89 Å². The van der Waals surface area contributed by atoms with Gasteiger partial charge < -0.3 is 18.6 Å². The first kappa shape index (κ1) is 20.2. The van der Waals surface area contributed by atoms with Crippen LogP contribution in [0.1, 0.15) is 72.0 Å². The minimum Gasteiger partial charge on any atom is -0.496 e. The smallest absolute Gasteiger partial charge is 0.292 e. The van der Waals surface area contributed by atoms with Crippen LogP contribution in [0.3, 0.4) is 0 Å². The quantitative estimate of drug-likeness (QED) is 0.600. The first-order valence-electron chi connectivity index (χ1n) is 10.4. The average molecular weight is 409 g/mol. The van der Waals surface area contributed by atoms with E-state index in [4.69, 9.17) is 13.7 Å². The molecule has 1 fully saturated rings. The summed E-state index contributed by atoms with van der Waals surface area (Å²) in [5, 5.41) is 4.00. The number of nitrogens with zero attached hydrogens (tertiary/aromatic N) is 3. The van der Waals surface area contributed by atoms with Crippen LogP contribution in [0.25, 0.3) is 0 Å². The van der Waals surface area contributed by atoms with E-state index in [-0.39, 0.29) is 17.7 Å². The van der Waals surface area contributed by atoms with Crippen LogP contribution in [-0.4, -0.2) is 41.1 Å². The summed E-state index contributed by atoms with van der Waals surface area (Å²) in [7, 11) is 1.66. The van der Waals surface area contributed by atoms with Crippen LogP contribution >= 0.6 is 0 Å². The molecule has 30 heavy (non-hydrogen) atoms. The molecule has 1 amide bonds. The van der Waals surface area contributed by atoms with Gasteiger partial charge in [-0.25, -0.2) is 4.98 Å². The van der Waals surface area contributed by atoms with Crippen LogP contribution in [0.4, 0.5) is 0 Å². The third-order valence-corrected chi connectivity index (χ3v) is 5.52. The van der Waals surface area contributed by atoms with Crippen LogP contribution in [0.5, 0.6) is 5.75 Å². The highest BCUT2D eigenvalue weighted by atomic mass is 16.5. The first-order valence-corrected chi connectivity index (χ1v) is 10.4. The van der Waals surface area contributed by atoms with Crippen molar-refractivity contribution >= 4 is 5.91 Å². The zero-order valence-electron chi connectivity index (χ0n) is 17.6. The molecule has 3 aromatic rings. The zero-order valence-corrected chi connectivity index (χ0v) is 17.6. The molecule has 0 unspecified atom stereocenters. The molecule has 0 spiro atoms. The van der Waals surface area contributed by atoms with Crippen molar-refractivity contribution in [3.63, 3.8) is 0 Å². The number of piperidine rings is 1. The number of oxazole rings is 1. The van der Waals surface area contributed by atoms with E-state index in [9.17, 15) is 4.79 Å². The summed E-state index contributed by atoms with van der Waals surface area (Å²) >= 11 is 0. The van der Waals surface area contributed by atoms with Gasteiger partial charge in [-0.05, 0) is 24.8 Å². The van der Waals surface area contributed by atoms with Crippen LogP contribution in [0, 0.1) is 0 Å². The van der Waals surface area contributed by atoms with Gasteiger partial charge in [0, 0.05) is 31.1 Å². The molecule has 1 aliphatic rings. The maximum atomic E-state index is 12.9. The zero-order chi connectivity index (χ0) is 21.1. The molecular formula is C23H27N3O4. The fourth-order valence-electron chi connectivity index (χ4n) is 3.81. The van der Waals surface area contributed by atoms with Gasteiger partial charge in [-0.2, -0.15) is 0 Å². The third-order valence-electron chi connectivity index (χ3n) is 5.52. The third kappa shape index (κ3) is 4.25. The van der Waals surface area contributed by atoms with E-state index in [2.05, 4.69) is 10.1 Å². The van der Waals surface area contributed by atoms with E-state index in [1.807, 2.05) is 43.0 Å². The van der Waals surface area contributed by atoms with Crippen LogP contribution in [0.2, 0.25) is 0 Å². The first-order chi connectivity index (χ1) is 14.5. The number of para-hydroxylation sites is 1. The van der Waals surface area contributed by atoms with Gasteiger partial charge >= 0.3 is 0 Å². The molecule has 0 saturated carbocycles. The minimum atomic E-state index is -0.125. The normalized spacial score (nSPS) is 16.8. The lowest BCUT2D eigenvalue weighted by atomic mass is 9.97. The molecule has 7 nitrogen and oxygen atoms in total. The highest BCUT2D eigenvalue weighted by Crippen LogP contribution is 2.29. The molecule has 3 heterocycles. The van der Waals surface area contributed by atoms with Crippen molar-refractivity contribution in [2.75, 3.05) is 20.2 Å². The number of ether oxygens (including phenoxy) is 1. The minimum absolute atomic E-state index is 0.0709. The Morgan fingerprint density at radius 2 is 2.17 bits per heavy atom. The molecule has 4 rings (SSSR count). The van der Waals surface area contributed by atoms with Crippen molar-refractivity contribution in [1.29, 1.82) is 0 Å². The number of likely N-dealkylation sites (tertiary alicyclic amines) is 1. The number of hydrogen-bond donors (Lipinski definition) is 0. The molecule has 158 valence electrons. The van der Waals surface area contributed by atoms with Gasteiger partial charge in [0.1, 0.15) is 11.5 Å². The molecule has 0 radical (unpaired) electrons. The SMILES string of the molecule is COc1ccccc1Cc1cnc([C@H]2CCCN(C(=O)c3cc(C(C)C)no3)C2)o1. The lowest BCUT2D eigenvalue weighted by Gasteiger charge is -2.30. The molecule has 0 aliphatic carbocycles. The Morgan fingerprint density at radius 3 is 2.93 bits per heavy atom. The molecule has 2 aromatic heterocycles. The molecule has 0 bridgehead atoms. The Labute approximate surface area is 176 Å². The van der Waals surface area contributed by atoms with E-state index in [0.29, 0.717) is 31.2 Å². The summed E-state index contributed by atoms with van der Waals surface area (Å²) in [6, 6.07) is 9.62. The second-order valence-electron chi connectivity index (χ2n) is 8.01. The van der Waals surface area contributed by atoms with Crippen molar-refractivity contribution in [2.45, 2.75) is 44.9 Å². The van der Waals surface area contributed by atoms with Crippen molar-refractivity contribution in [2.24, 2.45) is 0 Å². The van der Waals surface area contributed by atoms with Crippen LogP contribution < -0.4 is 4.74 Å². The summed E-state index contributed by atoms with van der Waals surface area (Å²) < 4.78 is 16.8. The van der Waals surface area contributed by atoms with Crippen molar-refractivity contribution in [1.82, 2.24) is 15.0 Å². The van der Waals surface area contributed by atoms with E-state index in [0.717, 1.165) is 35.6 Å². The second kappa shape index (κ2) is 8.73. The predicted molar refractivity (Wildman–Crippen MR) is 111 cm³/mol. The lowest BCUT2D eigenvalue weighted by molar-refractivity contribution is 0.0656. The van der Waals surface area contributed by atoms with E-state index in [1.54, 1.807) is 19.4 Å². The van der Waals surface area contributed by atoms with Crippen LogP contribution in [-0.2, 0) is 6.42 Å². The topological polar surface area (TPSA) is 81.6 Å². The Kier molecular flexibility index (Phi) is 5.88. The number of hydrogen-bond acceptors (Lipinski definition) is 6. The van der Waals surface area contributed by atoms with Gasteiger partial charge in [0.25, 0.3) is 5.91 Å². The number of aromatic nitrogens is 2. The fourth-order valence-corrected chi connectivity index (χ4v) is 3.81. The maximum absolute atomic E-state index is 12.9. The largest absolute Gasteiger partial charge is 0.496 e. The highest BCUT2D eigenvalue weighted by molar-refractivity contribution is 5.91. The van der Waals surface area contributed by atoms with E-state index in [1.165, 1.54) is 0 Å². The van der Waals surface area contributed by atoms with Gasteiger partial charge in [-0.1, -0.05) is 37.2 Å². The number of amides is 1. The van der Waals surface area contributed by atoms with Gasteiger partial charge in [-0.15, -0.1) is 0 Å². The molecule has 1 aliphatic heterocycles.